The lowest BCUT2D eigenvalue weighted by molar-refractivity contribution is -0.126. The molecule has 1 aliphatic rings. The molecule has 2 N–H and O–H groups in total. The summed E-state index contributed by atoms with van der Waals surface area (Å²) in [6, 6.07) is 5.97. The lowest BCUT2D eigenvalue weighted by Crippen LogP contribution is -2.55. The maximum absolute atomic E-state index is 12.6. The SMILES string of the molecule is CCCNc1ccc(S(=O)(=O)N2CCNC(=O)C2C)cc1. The zero-order chi connectivity index (χ0) is 15.5. The second kappa shape index (κ2) is 6.44. The van der Waals surface area contributed by atoms with Gasteiger partial charge in [0, 0.05) is 25.3 Å². The first kappa shape index (κ1) is 15.8. The van der Waals surface area contributed by atoms with Crippen molar-refractivity contribution in [2.75, 3.05) is 25.0 Å². The predicted molar refractivity (Wildman–Crippen MR) is 81.6 cm³/mol. The number of carbonyl (C=O) groups excluding carboxylic acids is 1. The average molecular weight is 311 g/mol. The van der Waals surface area contributed by atoms with Gasteiger partial charge in [-0.2, -0.15) is 4.31 Å². The minimum Gasteiger partial charge on any atom is -0.385 e. The fourth-order valence-electron chi connectivity index (χ4n) is 2.24. The Morgan fingerprint density at radius 2 is 2.00 bits per heavy atom. The molecule has 1 unspecified atom stereocenters. The minimum atomic E-state index is -3.64. The minimum absolute atomic E-state index is 0.214. The van der Waals surface area contributed by atoms with Crippen LogP contribution in [0.25, 0.3) is 0 Å². The van der Waals surface area contributed by atoms with Gasteiger partial charge in [0.25, 0.3) is 0 Å². The Hall–Kier alpha value is -1.60. The van der Waals surface area contributed by atoms with E-state index in [0.717, 1.165) is 18.7 Å². The first-order valence-corrected chi connectivity index (χ1v) is 8.54. The molecule has 1 heterocycles. The molecule has 1 aliphatic heterocycles. The normalized spacial score (nSPS) is 20.1. The number of hydrogen-bond donors (Lipinski definition) is 2. The van der Waals surface area contributed by atoms with E-state index in [1.807, 2.05) is 0 Å². The summed E-state index contributed by atoms with van der Waals surface area (Å²) >= 11 is 0. The Bertz CT molecular complexity index is 598. The fourth-order valence-corrected chi connectivity index (χ4v) is 3.83. The Balaban J connectivity index is 2.21. The van der Waals surface area contributed by atoms with Crippen LogP contribution in [0.2, 0.25) is 0 Å². The Labute approximate surface area is 125 Å². The van der Waals surface area contributed by atoms with Crippen LogP contribution in [0.4, 0.5) is 5.69 Å². The fraction of sp³-hybridized carbons (Fsp3) is 0.500. The molecule has 0 spiro atoms. The summed E-state index contributed by atoms with van der Waals surface area (Å²) in [4.78, 5) is 11.8. The Morgan fingerprint density at radius 3 is 2.62 bits per heavy atom. The molecule has 1 saturated heterocycles. The molecule has 1 fully saturated rings. The van der Waals surface area contributed by atoms with E-state index in [4.69, 9.17) is 0 Å². The molecule has 1 amide bonds. The van der Waals surface area contributed by atoms with Gasteiger partial charge in [-0.05, 0) is 37.6 Å². The maximum atomic E-state index is 12.6. The van der Waals surface area contributed by atoms with Crippen molar-refractivity contribution in [1.29, 1.82) is 0 Å². The molecule has 7 heteroatoms. The predicted octanol–water partition coefficient (Wildman–Crippen LogP) is 1.02. The highest BCUT2D eigenvalue weighted by Crippen LogP contribution is 2.21. The molecule has 1 aromatic rings. The van der Waals surface area contributed by atoms with Crippen LogP contribution in [-0.2, 0) is 14.8 Å². The van der Waals surface area contributed by atoms with Gasteiger partial charge in [0.2, 0.25) is 15.9 Å². The van der Waals surface area contributed by atoms with Crippen molar-refractivity contribution in [3.05, 3.63) is 24.3 Å². The van der Waals surface area contributed by atoms with E-state index in [1.165, 1.54) is 4.31 Å². The van der Waals surface area contributed by atoms with E-state index in [2.05, 4.69) is 17.6 Å². The highest BCUT2D eigenvalue weighted by molar-refractivity contribution is 7.89. The van der Waals surface area contributed by atoms with Crippen LogP contribution in [-0.4, -0.2) is 44.3 Å². The van der Waals surface area contributed by atoms with Crippen LogP contribution in [0, 0.1) is 0 Å². The molecule has 116 valence electrons. The number of sulfonamides is 1. The highest BCUT2D eigenvalue weighted by atomic mass is 32.2. The Morgan fingerprint density at radius 1 is 1.33 bits per heavy atom. The zero-order valence-corrected chi connectivity index (χ0v) is 13.1. The van der Waals surface area contributed by atoms with Crippen LogP contribution < -0.4 is 10.6 Å². The van der Waals surface area contributed by atoms with Gasteiger partial charge in [-0.15, -0.1) is 0 Å². The average Bonchev–Trinajstić information content (AvgIpc) is 2.48. The molecule has 0 aromatic heterocycles. The first-order valence-electron chi connectivity index (χ1n) is 7.10. The van der Waals surface area contributed by atoms with Gasteiger partial charge in [-0.3, -0.25) is 4.79 Å². The summed E-state index contributed by atoms with van der Waals surface area (Å²) in [7, 11) is -3.64. The van der Waals surface area contributed by atoms with Crippen LogP contribution in [0.3, 0.4) is 0 Å². The number of carbonyl (C=O) groups is 1. The van der Waals surface area contributed by atoms with Gasteiger partial charge in [0.05, 0.1) is 4.90 Å². The molecule has 0 aliphatic carbocycles. The topological polar surface area (TPSA) is 78.5 Å². The molecule has 1 atom stereocenters. The maximum Gasteiger partial charge on any atom is 0.243 e. The smallest absolute Gasteiger partial charge is 0.243 e. The van der Waals surface area contributed by atoms with Crippen molar-refractivity contribution in [2.24, 2.45) is 0 Å². The third kappa shape index (κ3) is 3.36. The van der Waals surface area contributed by atoms with Crippen molar-refractivity contribution in [3.63, 3.8) is 0 Å². The molecule has 1 aromatic carbocycles. The van der Waals surface area contributed by atoms with E-state index in [1.54, 1.807) is 31.2 Å². The molecular formula is C14H21N3O3S. The van der Waals surface area contributed by atoms with Crippen molar-refractivity contribution in [3.8, 4) is 0 Å². The molecule has 0 bridgehead atoms. The molecule has 0 radical (unpaired) electrons. The number of rotatable bonds is 5. The summed E-state index contributed by atoms with van der Waals surface area (Å²) in [6.45, 7) is 5.15. The number of piperazine rings is 1. The van der Waals surface area contributed by atoms with E-state index < -0.39 is 16.1 Å². The first-order chi connectivity index (χ1) is 9.96. The summed E-state index contributed by atoms with van der Waals surface area (Å²) in [5, 5.41) is 5.86. The molecule has 21 heavy (non-hydrogen) atoms. The van der Waals surface area contributed by atoms with Gasteiger partial charge in [0.1, 0.15) is 6.04 Å². The lowest BCUT2D eigenvalue weighted by atomic mass is 10.2. The van der Waals surface area contributed by atoms with Gasteiger partial charge < -0.3 is 10.6 Å². The van der Waals surface area contributed by atoms with E-state index in [9.17, 15) is 13.2 Å². The number of nitrogens with one attached hydrogen (secondary N) is 2. The molecule has 0 saturated carbocycles. The third-order valence-corrected chi connectivity index (χ3v) is 5.47. The van der Waals surface area contributed by atoms with Crippen LogP contribution in [0.5, 0.6) is 0 Å². The number of benzene rings is 1. The summed E-state index contributed by atoms with van der Waals surface area (Å²) < 4.78 is 26.4. The Kier molecular flexibility index (Phi) is 4.84. The number of anilines is 1. The second-order valence-corrected chi connectivity index (χ2v) is 6.92. The number of nitrogens with zero attached hydrogens (tertiary/aromatic N) is 1. The third-order valence-electron chi connectivity index (χ3n) is 3.48. The largest absolute Gasteiger partial charge is 0.385 e. The summed E-state index contributed by atoms with van der Waals surface area (Å²) in [6.07, 6.45) is 1.00. The van der Waals surface area contributed by atoms with Crippen LogP contribution >= 0.6 is 0 Å². The second-order valence-electron chi connectivity index (χ2n) is 5.03. The van der Waals surface area contributed by atoms with Gasteiger partial charge >= 0.3 is 0 Å². The van der Waals surface area contributed by atoms with Crippen LogP contribution in [0.15, 0.2) is 29.2 Å². The zero-order valence-electron chi connectivity index (χ0n) is 12.3. The number of hydrogen-bond acceptors (Lipinski definition) is 4. The summed E-state index contributed by atoms with van der Waals surface area (Å²) in [5.74, 6) is -0.258. The van der Waals surface area contributed by atoms with Gasteiger partial charge in [-0.1, -0.05) is 6.92 Å². The van der Waals surface area contributed by atoms with E-state index in [-0.39, 0.29) is 10.8 Å². The van der Waals surface area contributed by atoms with E-state index in [0.29, 0.717) is 13.1 Å². The molecule has 6 nitrogen and oxygen atoms in total. The van der Waals surface area contributed by atoms with Crippen molar-refractivity contribution in [1.82, 2.24) is 9.62 Å². The summed E-state index contributed by atoms with van der Waals surface area (Å²) in [5.41, 5.74) is 0.889. The monoisotopic (exact) mass is 311 g/mol. The standard InChI is InChI=1S/C14H21N3O3S/c1-3-8-15-12-4-6-13(7-5-12)21(19,20)17-10-9-16-14(18)11(17)2/h4-7,11,15H,3,8-10H2,1-2H3,(H,16,18). The highest BCUT2D eigenvalue weighted by Gasteiger charge is 2.35. The quantitative estimate of drug-likeness (QED) is 0.851. The van der Waals surface area contributed by atoms with Crippen molar-refractivity contribution >= 4 is 21.6 Å². The number of amides is 1. The van der Waals surface area contributed by atoms with Crippen LogP contribution in [0.1, 0.15) is 20.3 Å². The van der Waals surface area contributed by atoms with Crippen molar-refractivity contribution < 1.29 is 13.2 Å². The van der Waals surface area contributed by atoms with E-state index >= 15 is 0 Å². The lowest BCUT2D eigenvalue weighted by Gasteiger charge is -2.31. The van der Waals surface area contributed by atoms with Gasteiger partial charge in [0.15, 0.2) is 0 Å². The van der Waals surface area contributed by atoms with Gasteiger partial charge in [-0.25, -0.2) is 8.42 Å². The molecular weight excluding hydrogens is 290 g/mol. The molecule has 2 rings (SSSR count). The van der Waals surface area contributed by atoms with Crippen molar-refractivity contribution in [2.45, 2.75) is 31.2 Å².